The summed E-state index contributed by atoms with van der Waals surface area (Å²) in [6.07, 6.45) is -0.129. The molecule has 0 spiro atoms. The van der Waals surface area contributed by atoms with Gasteiger partial charge in [-0.05, 0) is 23.8 Å². The molecule has 1 aliphatic heterocycles. The van der Waals surface area contributed by atoms with Gasteiger partial charge in [-0.15, -0.1) is 0 Å². The molecule has 0 radical (unpaired) electrons. The van der Waals surface area contributed by atoms with Crippen molar-refractivity contribution in [1.82, 2.24) is 9.55 Å². The number of carbonyl (C=O) groups is 1. The van der Waals surface area contributed by atoms with E-state index < -0.39 is 17.5 Å². The average Bonchev–Trinajstić information content (AvgIpc) is 3.37. The summed E-state index contributed by atoms with van der Waals surface area (Å²) >= 11 is 0. The van der Waals surface area contributed by atoms with Crippen molar-refractivity contribution in [2.45, 2.75) is 18.6 Å². The molecular formula is C21H13F3N2O2. The summed E-state index contributed by atoms with van der Waals surface area (Å²) in [5.41, 5.74) is 1.50. The van der Waals surface area contributed by atoms with Crippen LogP contribution in [0.5, 0.6) is 0 Å². The van der Waals surface area contributed by atoms with Gasteiger partial charge in [0.05, 0.1) is 36.1 Å². The molecule has 0 saturated carbocycles. The zero-order valence-electron chi connectivity index (χ0n) is 14.4. The summed E-state index contributed by atoms with van der Waals surface area (Å²) in [6, 6.07) is 10.9. The number of carbonyl (C=O) groups excluding carboxylic acids is 1. The monoisotopic (exact) mass is 382 g/mol. The van der Waals surface area contributed by atoms with E-state index in [0.29, 0.717) is 5.39 Å². The highest BCUT2D eigenvalue weighted by Gasteiger charge is 2.37. The summed E-state index contributed by atoms with van der Waals surface area (Å²) in [4.78, 5) is 17.1. The largest absolute Gasteiger partial charge is 0.464 e. The molecule has 1 aliphatic rings. The Balaban J connectivity index is 1.58. The van der Waals surface area contributed by atoms with E-state index in [0.717, 1.165) is 22.9 Å². The molecule has 0 amide bonds. The number of furan rings is 1. The maximum Gasteiger partial charge on any atom is 0.417 e. The molecule has 0 bridgehead atoms. The van der Waals surface area contributed by atoms with Gasteiger partial charge in [-0.1, -0.05) is 24.3 Å². The lowest BCUT2D eigenvalue weighted by molar-refractivity contribution is -0.137. The Morgan fingerprint density at radius 1 is 1.18 bits per heavy atom. The lowest BCUT2D eigenvalue weighted by Crippen LogP contribution is -2.17. The van der Waals surface area contributed by atoms with E-state index in [2.05, 4.69) is 4.98 Å². The Hall–Kier alpha value is -3.35. The van der Waals surface area contributed by atoms with Crippen molar-refractivity contribution in [3.63, 3.8) is 0 Å². The molecule has 0 N–H and O–H groups in total. The molecule has 7 heteroatoms. The first-order valence-electron chi connectivity index (χ1n) is 8.66. The van der Waals surface area contributed by atoms with Crippen LogP contribution >= 0.6 is 0 Å². The topological polar surface area (TPSA) is 48.0 Å². The Bertz CT molecular complexity index is 1220. The molecular weight excluding hydrogens is 369 g/mol. The summed E-state index contributed by atoms with van der Waals surface area (Å²) < 4.78 is 47.6. The van der Waals surface area contributed by atoms with Crippen LogP contribution in [0.4, 0.5) is 13.2 Å². The van der Waals surface area contributed by atoms with Gasteiger partial charge in [-0.25, -0.2) is 4.98 Å². The van der Waals surface area contributed by atoms with Crippen LogP contribution in [-0.4, -0.2) is 15.3 Å². The quantitative estimate of drug-likeness (QED) is 0.440. The first kappa shape index (κ1) is 16.8. The van der Waals surface area contributed by atoms with Crippen LogP contribution in [0, 0.1) is 0 Å². The second-order valence-electron chi connectivity index (χ2n) is 6.77. The van der Waals surface area contributed by atoms with Crippen LogP contribution in [0.25, 0.3) is 22.2 Å². The number of nitrogens with zero attached hydrogens (tertiary/aromatic N) is 2. The molecule has 0 aliphatic carbocycles. The predicted molar refractivity (Wildman–Crippen MR) is 96.0 cm³/mol. The summed E-state index contributed by atoms with van der Waals surface area (Å²) in [6.45, 7) is 0. The first-order chi connectivity index (χ1) is 13.4. The van der Waals surface area contributed by atoms with Crippen molar-refractivity contribution in [3.8, 4) is 11.3 Å². The first-order valence-corrected chi connectivity index (χ1v) is 8.66. The third-order valence-corrected chi connectivity index (χ3v) is 5.17. The number of Topliss-reactive ketones (excluding diaryl/α,β-unsaturated/α-hetero) is 1. The van der Waals surface area contributed by atoms with Crippen molar-refractivity contribution in [3.05, 3.63) is 77.9 Å². The van der Waals surface area contributed by atoms with E-state index in [4.69, 9.17) is 4.42 Å². The maximum absolute atomic E-state index is 13.6. The summed E-state index contributed by atoms with van der Waals surface area (Å²) in [7, 11) is 0. The van der Waals surface area contributed by atoms with E-state index >= 15 is 0 Å². The molecule has 2 aromatic carbocycles. The minimum absolute atomic E-state index is 0.0905. The van der Waals surface area contributed by atoms with E-state index in [-0.39, 0.29) is 23.6 Å². The zero-order valence-corrected chi connectivity index (χ0v) is 14.4. The second kappa shape index (κ2) is 5.82. The van der Waals surface area contributed by atoms with Crippen LogP contribution in [0.15, 0.2) is 65.7 Å². The van der Waals surface area contributed by atoms with E-state index in [1.165, 1.54) is 12.3 Å². The van der Waals surface area contributed by atoms with Crippen LogP contribution in [0.2, 0.25) is 0 Å². The van der Waals surface area contributed by atoms with E-state index in [9.17, 15) is 18.0 Å². The lowest BCUT2D eigenvalue weighted by Gasteiger charge is -2.16. The molecule has 0 fully saturated rings. The van der Waals surface area contributed by atoms with Crippen LogP contribution in [0.1, 0.15) is 33.9 Å². The number of fused-ring (bicyclic) bond motifs is 4. The van der Waals surface area contributed by atoms with Gasteiger partial charge in [0.15, 0.2) is 5.78 Å². The number of halogens is 3. The van der Waals surface area contributed by atoms with Crippen LogP contribution in [-0.2, 0) is 6.18 Å². The predicted octanol–water partition coefficient (Wildman–Crippen LogP) is 5.49. The number of ketones is 1. The molecule has 5 rings (SSSR count). The fourth-order valence-corrected chi connectivity index (χ4v) is 3.90. The van der Waals surface area contributed by atoms with Crippen molar-refractivity contribution >= 4 is 16.8 Å². The van der Waals surface area contributed by atoms with Gasteiger partial charge in [0.25, 0.3) is 0 Å². The second-order valence-corrected chi connectivity index (χ2v) is 6.77. The van der Waals surface area contributed by atoms with Gasteiger partial charge in [0, 0.05) is 22.9 Å². The molecule has 28 heavy (non-hydrogen) atoms. The van der Waals surface area contributed by atoms with Gasteiger partial charge in [0.2, 0.25) is 0 Å². The highest BCUT2D eigenvalue weighted by molar-refractivity contribution is 6.01. The van der Waals surface area contributed by atoms with E-state index in [1.807, 2.05) is 28.8 Å². The van der Waals surface area contributed by atoms with Crippen LogP contribution in [0.3, 0.4) is 0 Å². The van der Waals surface area contributed by atoms with Crippen LogP contribution < -0.4 is 0 Å². The number of alkyl halides is 3. The molecule has 3 heterocycles. The average molecular weight is 382 g/mol. The molecule has 1 atom stereocenters. The zero-order chi connectivity index (χ0) is 19.5. The minimum atomic E-state index is -4.65. The number of imidazole rings is 1. The lowest BCUT2D eigenvalue weighted by atomic mass is 9.93. The summed E-state index contributed by atoms with van der Waals surface area (Å²) in [5.74, 6) is -0.572. The highest BCUT2D eigenvalue weighted by Crippen LogP contribution is 2.42. The van der Waals surface area contributed by atoms with Gasteiger partial charge >= 0.3 is 6.18 Å². The SMILES string of the molecule is O=C(CC1c2ccccc2-c2cncn21)c1cc2ccoc2cc1C(F)(F)F. The molecule has 2 aromatic heterocycles. The minimum Gasteiger partial charge on any atom is -0.464 e. The molecule has 4 aromatic rings. The standard InChI is InChI=1S/C21H13F3N2O2/c22-21(23,24)16-8-20-12(5-6-28-20)7-15(16)19(27)9-17-13-3-1-2-4-14(13)18-10-25-11-26(17)18/h1-8,10-11,17H,9H2. The van der Waals surface area contributed by atoms with Gasteiger partial charge in [-0.3, -0.25) is 4.79 Å². The number of aromatic nitrogens is 2. The highest BCUT2D eigenvalue weighted by atomic mass is 19.4. The van der Waals surface area contributed by atoms with Gasteiger partial charge in [-0.2, -0.15) is 13.2 Å². The Morgan fingerprint density at radius 2 is 2.00 bits per heavy atom. The number of rotatable bonds is 3. The van der Waals surface area contributed by atoms with Gasteiger partial charge in [0.1, 0.15) is 5.58 Å². The summed E-state index contributed by atoms with van der Waals surface area (Å²) in [5, 5.41) is 0.464. The Kier molecular flexibility index (Phi) is 3.49. The third-order valence-electron chi connectivity index (χ3n) is 5.17. The molecule has 140 valence electrons. The smallest absolute Gasteiger partial charge is 0.417 e. The van der Waals surface area contributed by atoms with Crippen molar-refractivity contribution < 1.29 is 22.4 Å². The molecule has 4 nitrogen and oxygen atoms in total. The fraction of sp³-hybridized carbons (Fsp3) is 0.143. The van der Waals surface area contributed by atoms with E-state index in [1.54, 1.807) is 18.6 Å². The number of hydrogen-bond donors (Lipinski definition) is 0. The van der Waals surface area contributed by atoms with Crippen molar-refractivity contribution in [2.24, 2.45) is 0 Å². The Labute approximate surface area is 157 Å². The third kappa shape index (κ3) is 2.46. The fourth-order valence-electron chi connectivity index (χ4n) is 3.90. The van der Waals surface area contributed by atoms with Crippen molar-refractivity contribution in [2.75, 3.05) is 0 Å². The number of benzene rings is 2. The number of hydrogen-bond acceptors (Lipinski definition) is 3. The molecule has 0 saturated heterocycles. The van der Waals surface area contributed by atoms with Gasteiger partial charge < -0.3 is 8.98 Å². The van der Waals surface area contributed by atoms with Crippen molar-refractivity contribution in [1.29, 1.82) is 0 Å². The molecule has 1 unspecified atom stereocenters. The normalized spacial score (nSPS) is 15.6. The Morgan fingerprint density at radius 3 is 2.82 bits per heavy atom. The maximum atomic E-state index is 13.6.